The minimum Gasteiger partial charge on any atom is -0.393 e. The van der Waals surface area contributed by atoms with Gasteiger partial charge in [0.05, 0.1) is 17.5 Å². The zero-order valence-electron chi connectivity index (χ0n) is 19.7. The minimum atomic E-state index is -3.08. The molecule has 3 heterocycles. The van der Waals surface area contributed by atoms with E-state index in [1.165, 1.54) is 19.2 Å². The highest BCUT2D eigenvalue weighted by Gasteiger charge is 2.46. The van der Waals surface area contributed by atoms with Crippen molar-refractivity contribution < 1.29 is 32.3 Å². The number of pyridine rings is 1. The molecule has 196 valence electrons. The number of thiazole rings is 1. The highest BCUT2D eigenvalue weighted by atomic mass is 32.1. The number of amides is 2. The third-order valence-corrected chi connectivity index (χ3v) is 7.32. The molecule has 2 aromatic rings. The number of aliphatic hydroxyl groups excluding tert-OH is 1. The number of carbonyl (C=O) groups excluding carboxylic acids is 2. The number of carbonyl (C=O) groups is 2. The molecule has 1 saturated heterocycles. The highest BCUT2D eigenvalue weighted by molar-refractivity contribution is 7.17. The van der Waals surface area contributed by atoms with Crippen LogP contribution in [0.25, 0.3) is 10.4 Å². The molecule has 2 aromatic heterocycles. The molecule has 0 aromatic carbocycles. The topological polar surface area (TPSA) is 107 Å². The first-order chi connectivity index (χ1) is 17.0. The lowest BCUT2D eigenvalue weighted by Crippen LogP contribution is -2.46. The molecule has 2 amide bonds. The molecule has 0 radical (unpaired) electrons. The molecular formula is C23H27F4N5O3S. The molecule has 4 rings (SSSR count). The average Bonchev–Trinajstić information content (AvgIpc) is 3.36. The van der Waals surface area contributed by atoms with Crippen molar-refractivity contribution in [2.24, 2.45) is 0 Å². The van der Waals surface area contributed by atoms with E-state index >= 15 is 0 Å². The SMILES string of the molecule is CCCNc1cc(C(F)F)c(-c2sc(C(=O)N[C@H]3C[C@H](O)C3)nc2C(=O)N2CC(F)(F)C[C@@H]2C)cn1. The van der Waals surface area contributed by atoms with Gasteiger partial charge in [-0.15, -0.1) is 11.3 Å². The van der Waals surface area contributed by atoms with Gasteiger partial charge in [-0.05, 0) is 32.3 Å². The Kier molecular flexibility index (Phi) is 7.51. The van der Waals surface area contributed by atoms with E-state index < -0.39 is 54.8 Å². The minimum absolute atomic E-state index is 0.0361. The maximum atomic E-state index is 14.1. The number of anilines is 1. The number of likely N-dealkylation sites (tertiary alicyclic amines) is 1. The lowest BCUT2D eigenvalue weighted by atomic mass is 9.89. The molecule has 3 N–H and O–H groups in total. The fourth-order valence-corrected chi connectivity index (χ4v) is 5.30. The summed E-state index contributed by atoms with van der Waals surface area (Å²) >= 11 is 0.727. The normalized spacial score (nSPS) is 23.0. The third-order valence-electron chi connectivity index (χ3n) is 6.23. The number of alkyl halides is 4. The number of nitrogens with zero attached hydrogens (tertiary/aromatic N) is 3. The Hall–Kier alpha value is -2.80. The average molecular weight is 530 g/mol. The molecule has 36 heavy (non-hydrogen) atoms. The van der Waals surface area contributed by atoms with Crippen molar-refractivity contribution in [2.75, 3.05) is 18.4 Å². The van der Waals surface area contributed by atoms with Gasteiger partial charge in [0.25, 0.3) is 24.2 Å². The molecule has 2 aliphatic rings. The molecule has 1 aliphatic carbocycles. The van der Waals surface area contributed by atoms with E-state index in [2.05, 4.69) is 20.6 Å². The number of rotatable bonds is 8. The second kappa shape index (κ2) is 10.3. The summed E-state index contributed by atoms with van der Waals surface area (Å²) < 4.78 is 56.1. The van der Waals surface area contributed by atoms with Gasteiger partial charge in [0.15, 0.2) is 5.01 Å². The summed E-state index contributed by atoms with van der Waals surface area (Å²) in [6.07, 6.45) is -1.33. The van der Waals surface area contributed by atoms with Crippen LogP contribution in [-0.2, 0) is 0 Å². The van der Waals surface area contributed by atoms with Crippen LogP contribution in [0.1, 0.15) is 71.8 Å². The largest absolute Gasteiger partial charge is 0.393 e. The number of hydrogen-bond donors (Lipinski definition) is 3. The van der Waals surface area contributed by atoms with Crippen LogP contribution in [0.2, 0.25) is 0 Å². The van der Waals surface area contributed by atoms with Crippen LogP contribution < -0.4 is 10.6 Å². The van der Waals surface area contributed by atoms with Gasteiger partial charge in [-0.1, -0.05) is 6.92 Å². The van der Waals surface area contributed by atoms with Gasteiger partial charge >= 0.3 is 0 Å². The zero-order valence-corrected chi connectivity index (χ0v) is 20.5. The van der Waals surface area contributed by atoms with Crippen LogP contribution in [0.15, 0.2) is 12.3 Å². The van der Waals surface area contributed by atoms with Crippen molar-refractivity contribution in [3.05, 3.63) is 28.5 Å². The molecule has 0 unspecified atom stereocenters. The van der Waals surface area contributed by atoms with Gasteiger partial charge in [-0.2, -0.15) is 0 Å². The van der Waals surface area contributed by atoms with Gasteiger partial charge in [0.2, 0.25) is 0 Å². The number of aromatic nitrogens is 2. The fourth-order valence-electron chi connectivity index (χ4n) is 4.31. The van der Waals surface area contributed by atoms with Crippen LogP contribution in [0, 0.1) is 0 Å². The summed E-state index contributed by atoms with van der Waals surface area (Å²) in [4.78, 5) is 35.4. The van der Waals surface area contributed by atoms with Gasteiger partial charge in [0.1, 0.15) is 11.5 Å². The Morgan fingerprint density at radius 3 is 2.64 bits per heavy atom. The predicted molar refractivity (Wildman–Crippen MR) is 126 cm³/mol. The summed E-state index contributed by atoms with van der Waals surface area (Å²) in [5.41, 5.74) is -0.860. The van der Waals surface area contributed by atoms with Crippen molar-refractivity contribution in [3.8, 4) is 10.4 Å². The van der Waals surface area contributed by atoms with E-state index in [1.807, 2.05) is 6.92 Å². The van der Waals surface area contributed by atoms with Crippen LogP contribution >= 0.6 is 11.3 Å². The smallest absolute Gasteiger partial charge is 0.280 e. The van der Waals surface area contributed by atoms with Gasteiger partial charge in [0, 0.05) is 42.4 Å². The summed E-state index contributed by atoms with van der Waals surface area (Å²) in [5.74, 6) is -4.36. The van der Waals surface area contributed by atoms with E-state index in [-0.39, 0.29) is 33.0 Å². The standard InChI is InChI=1S/C23H27F4N5O3S/c1-3-4-28-16-7-14(19(24)25)15(9-29-16)18-17(22(35)32-10-23(26,27)8-11(32)2)31-21(36-18)20(34)30-12-5-13(33)6-12/h7,9,11-13,19,33H,3-6,8,10H2,1-2H3,(H,28,29)(H,30,34)/t11-,12-,13-/m0/s1. The van der Waals surface area contributed by atoms with E-state index in [4.69, 9.17) is 0 Å². The van der Waals surface area contributed by atoms with Crippen molar-refractivity contribution in [3.63, 3.8) is 0 Å². The first kappa shape index (κ1) is 26.3. The summed E-state index contributed by atoms with van der Waals surface area (Å²) in [5, 5.41) is 14.9. The predicted octanol–water partition coefficient (Wildman–Crippen LogP) is 4.09. The van der Waals surface area contributed by atoms with E-state index in [1.54, 1.807) is 0 Å². The second-order valence-corrected chi connectivity index (χ2v) is 10.2. The quantitative estimate of drug-likeness (QED) is 0.445. The molecule has 13 heteroatoms. The van der Waals surface area contributed by atoms with Crippen LogP contribution in [0.5, 0.6) is 0 Å². The first-order valence-corrected chi connectivity index (χ1v) is 12.5. The maximum absolute atomic E-state index is 14.1. The fraction of sp³-hybridized carbons (Fsp3) is 0.565. The second-order valence-electron chi connectivity index (χ2n) is 9.22. The molecular weight excluding hydrogens is 502 g/mol. The van der Waals surface area contributed by atoms with Crippen molar-refractivity contribution in [2.45, 2.75) is 70.1 Å². The zero-order chi connectivity index (χ0) is 26.2. The third kappa shape index (κ3) is 5.46. The van der Waals surface area contributed by atoms with Gasteiger partial charge in [-0.25, -0.2) is 27.5 Å². The Balaban J connectivity index is 1.74. The van der Waals surface area contributed by atoms with Crippen molar-refractivity contribution >= 4 is 29.0 Å². The Morgan fingerprint density at radius 1 is 1.33 bits per heavy atom. The maximum Gasteiger partial charge on any atom is 0.280 e. The van der Waals surface area contributed by atoms with Crippen molar-refractivity contribution in [1.29, 1.82) is 0 Å². The molecule has 1 aliphatic heterocycles. The summed E-state index contributed by atoms with van der Waals surface area (Å²) in [6.45, 7) is 3.07. The number of halogens is 4. The Bertz CT molecular complexity index is 1140. The van der Waals surface area contributed by atoms with Crippen LogP contribution in [0.3, 0.4) is 0 Å². The molecule has 0 bridgehead atoms. The van der Waals surface area contributed by atoms with Gasteiger partial charge < -0.3 is 20.6 Å². The number of nitrogens with one attached hydrogen (secondary N) is 2. The molecule has 8 nitrogen and oxygen atoms in total. The van der Waals surface area contributed by atoms with Gasteiger partial charge in [-0.3, -0.25) is 9.59 Å². The van der Waals surface area contributed by atoms with Crippen LogP contribution in [0.4, 0.5) is 23.4 Å². The van der Waals surface area contributed by atoms with E-state index in [9.17, 15) is 32.3 Å². The molecule has 1 saturated carbocycles. The summed E-state index contributed by atoms with van der Waals surface area (Å²) in [7, 11) is 0. The Labute approximate surface area is 209 Å². The van der Waals surface area contributed by atoms with Crippen molar-refractivity contribution in [1.82, 2.24) is 20.2 Å². The molecule has 0 spiro atoms. The monoisotopic (exact) mass is 529 g/mol. The number of hydrogen-bond acceptors (Lipinski definition) is 7. The molecule has 1 atom stereocenters. The lowest BCUT2D eigenvalue weighted by molar-refractivity contribution is 0.0117. The summed E-state index contributed by atoms with van der Waals surface area (Å²) in [6, 6.07) is 0.0915. The molecule has 2 fully saturated rings. The Morgan fingerprint density at radius 2 is 2.06 bits per heavy atom. The number of aliphatic hydroxyl groups is 1. The highest BCUT2D eigenvalue weighted by Crippen LogP contribution is 2.40. The van der Waals surface area contributed by atoms with E-state index in [0.717, 1.165) is 22.7 Å². The lowest BCUT2D eigenvalue weighted by Gasteiger charge is -2.31. The first-order valence-electron chi connectivity index (χ1n) is 11.7. The van der Waals surface area contributed by atoms with Crippen LogP contribution in [-0.4, -0.2) is 69.0 Å². The van der Waals surface area contributed by atoms with E-state index in [0.29, 0.717) is 19.4 Å².